The van der Waals surface area contributed by atoms with Crippen molar-refractivity contribution in [3.63, 3.8) is 0 Å². The SMILES string of the molecule is CCCN1C(=O)C(CC(=O)OCC)C(O)c2ccc(C)cc21. The van der Waals surface area contributed by atoms with Crippen LogP contribution in [0.1, 0.15) is 43.9 Å². The minimum Gasteiger partial charge on any atom is -0.466 e. The molecule has 120 valence electrons. The van der Waals surface area contributed by atoms with Gasteiger partial charge in [0.1, 0.15) is 0 Å². The minimum atomic E-state index is -0.972. The molecule has 1 aromatic carbocycles. The summed E-state index contributed by atoms with van der Waals surface area (Å²) in [5.41, 5.74) is 2.48. The molecule has 0 bridgehead atoms. The van der Waals surface area contributed by atoms with Gasteiger partial charge in [-0.15, -0.1) is 0 Å². The van der Waals surface area contributed by atoms with Crippen LogP contribution in [0.2, 0.25) is 0 Å². The first-order chi connectivity index (χ1) is 10.5. The molecule has 0 saturated heterocycles. The highest BCUT2D eigenvalue weighted by molar-refractivity contribution is 6.00. The third-order valence-corrected chi connectivity index (χ3v) is 3.90. The number of aliphatic hydroxyl groups is 1. The molecule has 1 aliphatic heterocycles. The number of fused-ring (bicyclic) bond motifs is 1. The lowest BCUT2D eigenvalue weighted by Crippen LogP contribution is -2.44. The van der Waals surface area contributed by atoms with Gasteiger partial charge in [-0.05, 0) is 31.9 Å². The Hall–Kier alpha value is -1.88. The Morgan fingerprint density at radius 2 is 2.09 bits per heavy atom. The first-order valence-corrected chi connectivity index (χ1v) is 7.75. The van der Waals surface area contributed by atoms with Crippen LogP contribution in [0, 0.1) is 12.8 Å². The maximum absolute atomic E-state index is 12.7. The van der Waals surface area contributed by atoms with Gasteiger partial charge in [0.2, 0.25) is 5.91 Å². The summed E-state index contributed by atoms with van der Waals surface area (Å²) in [6.07, 6.45) is -0.261. The number of esters is 1. The Bertz CT molecular complexity index is 570. The molecule has 1 aromatic rings. The number of carbonyl (C=O) groups excluding carboxylic acids is 2. The number of carbonyl (C=O) groups is 2. The Labute approximate surface area is 130 Å². The molecule has 0 aliphatic carbocycles. The Kier molecular flexibility index (Phi) is 5.19. The van der Waals surface area contributed by atoms with Crippen LogP contribution in [0.25, 0.3) is 0 Å². The van der Waals surface area contributed by atoms with Crippen molar-refractivity contribution in [2.24, 2.45) is 5.92 Å². The molecule has 0 fully saturated rings. The topological polar surface area (TPSA) is 66.8 Å². The van der Waals surface area contributed by atoms with E-state index in [0.717, 1.165) is 17.7 Å². The van der Waals surface area contributed by atoms with Crippen molar-refractivity contribution in [3.8, 4) is 0 Å². The molecule has 5 heteroatoms. The van der Waals surface area contributed by atoms with E-state index < -0.39 is 18.0 Å². The van der Waals surface area contributed by atoms with Crippen LogP contribution in [-0.4, -0.2) is 30.1 Å². The van der Waals surface area contributed by atoms with E-state index in [-0.39, 0.29) is 18.9 Å². The third-order valence-electron chi connectivity index (χ3n) is 3.90. The number of anilines is 1. The molecule has 2 unspecified atom stereocenters. The van der Waals surface area contributed by atoms with Gasteiger partial charge in [0.05, 0.1) is 25.0 Å². The van der Waals surface area contributed by atoms with Gasteiger partial charge in [-0.2, -0.15) is 0 Å². The molecule has 0 aromatic heterocycles. The standard InChI is InChI=1S/C17H23NO4/c1-4-8-18-14-9-11(3)6-7-12(14)16(20)13(17(18)21)10-15(19)22-5-2/h6-7,9,13,16,20H,4-5,8,10H2,1-3H3. The number of rotatable bonds is 5. The van der Waals surface area contributed by atoms with Gasteiger partial charge in [-0.3, -0.25) is 9.59 Å². The molecule has 1 heterocycles. The average molecular weight is 305 g/mol. The number of ether oxygens (including phenoxy) is 1. The zero-order chi connectivity index (χ0) is 16.3. The van der Waals surface area contributed by atoms with Crippen molar-refractivity contribution in [2.45, 2.75) is 39.7 Å². The van der Waals surface area contributed by atoms with Crippen LogP contribution in [0.3, 0.4) is 0 Å². The van der Waals surface area contributed by atoms with Crippen molar-refractivity contribution in [2.75, 3.05) is 18.1 Å². The zero-order valence-electron chi connectivity index (χ0n) is 13.3. The van der Waals surface area contributed by atoms with Gasteiger partial charge in [-0.25, -0.2) is 0 Å². The normalized spacial score (nSPS) is 20.7. The van der Waals surface area contributed by atoms with Gasteiger partial charge in [0.25, 0.3) is 0 Å². The number of benzene rings is 1. The summed E-state index contributed by atoms with van der Waals surface area (Å²) >= 11 is 0. The molecule has 22 heavy (non-hydrogen) atoms. The van der Waals surface area contributed by atoms with Crippen LogP contribution in [0.5, 0.6) is 0 Å². The van der Waals surface area contributed by atoms with Crippen LogP contribution < -0.4 is 4.90 Å². The van der Waals surface area contributed by atoms with Crippen molar-refractivity contribution in [1.82, 2.24) is 0 Å². The van der Waals surface area contributed by atoms with Gasteiger partial charge in [-0.1, -0.05) is 19.1 Å². The van der Waals surface area contributed by atoms with Gasteiger partial charge in [0.15, 0.2) is 0 Å². The van der Waals surface area contributed by atoms with Gasteiger partial charge in [0, 0.05) is 17.8 Å². The van der Waals surface area contributed by atoms with Crippen LogP contribution in [-0.2, 0) is 14.3 Å². The summed E-state index contributed by atoms with van der Waals surface area (Å²) in [4.78, 5) is 26.1. The molecule has 1 aliphatic rings. The highest BCUT2D eigenvalue weighted by Crippen LogP contribution is 2.40. The Morgan fingerprint density at radius 1 is 1.36 bits per heavy atom. The first kappa shape index (κ1) is 16.5. The quantitative estimate of drug-likeness (QED) is 0.848. The summed E-state index contributed by atoms with van der Waals surface area (Å²) < 4.78 is 4.92. The molecule has 1 N–H and O–H groups in total. The monoisotopic (exact) mass is 305 g/mol. The Morgan fingerprint density at radius 3 is 2.73 bits per heavy atom. The van der Waals surface area contributed by atoms with E-state index in [0.29, 0.717) is 12.1 Å². The van der Waals surface area contributed by atoms with E-state index in [9.17, 15) is 14.7 Å². The lowest BCUT2D eigenvalue weighted by atomic mass is 9.85. The molecular weight excluding hydrogens is 282 g/mol. The Balaban J connectivity index is 2.37. The highest BCUT2D eigenvalue weighted by Gasteiger charge is 2.40. The van der Waals surface area contributed by atoms with E-state index >= 15 is 0 Å². The number of amides is 1. The summed E-state index contributed by atoms with van der Waals surface area (Å²) in [6.45, 7) is 6.50. The number of aryl methyl sites for hydroxylation is 1. The number of hydrogen-bond acceptors (Lipinski definition) is 4. The van der Waals surface area contributed by atoms with Gasteiger partial charge >= 0.3 is 5.97 Å². The summed E-state index contributed by atoms with van der Waals surface area (Å²) in [5.74, 6) is -1.44. The minimum absolute atomic E-state index is 0.0959. The predicted octanol–water partition coefficient (Wildman–Crippen LogP) is 2.35. The summed E-state index contributed by atoms with van der Waals surface area (Å²) in [5, 5.41) is 10.5. The largest absolute Gasteiger partial charge is 0.466 e. The maximum Gasteiger partial charge on any atom is 0.306 e. The van der Waals surface area contributed by atoms with Crippen LogP contribution >= 0.6 is 0 Å². The van der Waals surface area contributed by atoms with E-state index in [2.05, 4.69) is 0 Å². The average Bonchev–Trinajstić information content (AvgIpc) is 2.48. The summed E-state index contributed by atoms with van der Waals surface area (Å²) in [6, 6.07) is 5.65. The number of hydrogen-bond donors (Lipinski definition) is 1. The first-order valence-electron chi connectivity index (χ1n) is 7.75. The molecule has 2 atom stereocenters. The van der Waals surface area contributed by atoms with E-state index in [1.54, 1.807) is 11.8 Å². The summed E-state index contributed by atoms with van der Waals surface area (Å²) in [7, 11) is 0. The van der Waals surface area contributed by atoms with E-state index in [1.165, 1.54) is 0 Å². The lowest BCUT2D eigenvalue weighted by Gasteiger charge is -2.37. The van der Waals surface area contributed by atoms with Crippen molar-refractivity contribution in [1.29, 1.82) is 0 Å². The lowest BCUT2D eigenvalue weighted by molar-refractivity contribution is -0.148. The van der Waals surface area contributed by atoms with Gasteiger partial charge < -0.3 is 14.7 Å². The second-order valence-electron chi connectivity index (χ2n) is 5.61. The fourth-order valence-electron chi connectivity index (χ4n) is 2.86. The molecule has 2 rings (SSSR count). The second kappa shape index (κ2) is 6.92. The second-order valence-corrected chi connectivity index (χ2v) is 5.61. The number of nitrogens with zero attached hydrogens (tertiary/aromatic N) is 1. The molecule has 1 amide bonds. The molecule has 5 nitrogen and oxygen atoms in total. The van der Waals surface area contributed by atoms with Crippen LogP contribution in [0.15, 0.2) is 18.2 Å². The number of aliphatic hydroxyl groups excluding tert-OH is 1. The predicted molar refractivity (Wildman–Crippen MR) is 83.5 cm³/mol. The van der Waals surface area contributed by atoms with E-state index in [1.807, 2.05) is 32.0 Å². The molecular formula is C17H23NO4. The fourth-order valence-corrected chi connectivity index (χ4v) is 2.86. The molecule has 0 spiro atoms. The van der Waals surface area contributed by atoms with Crippen molar-refractivity contribution in [3.05, 3.63) is 29.3 Å². The highest BCUT2D eigenvalue weighted by atomic mass is 16.5. The fraction of sp³-hybridized carbons (Fsp3) is 0.529. The molecule has 0 radical (unpaired) electrons. The van der Waals surface area contributed by atoms with Crippen molar-refractivity contribution < 1.29 is 19.4 Å². The maximum atomic E-state index is 12.7. The van der Waals surface area contributed by atoms with Crippen LogP contribution in [0.4, 0.5) is 5.69 Å². The molecule has 0 saturated carbocycles. The zero-order valence-corrected chi connectivity index (χ0v) is 13.3. The van der Waals surface area contributed by atoms with E-state index in [4.69, 9.17) is 4.74 Å². The van der Waals surface area contributed by atoms with Crippen molar-refractivity contribution >= 4 is 17.6 Å². The smallest absolute Gasteiger partial charge is 0.306 e. The third kappa shape index (κ3) is 3.14.